The van der Waals surface area contributed by atoms with E-state index in [-0.39, 0.29) is 0 Å². The minimum atomic E-state index is 0.671. The molecule has 4 rings (SSSR count). The van der Waals surface area contributed by atoms with Gasteiger partial charge in [0.25, 0.3) is 0 Å². The highest BCUT2D eigenvalue weighted by Gasteiger charge is 2.14. The van der Waals surface area contributed by atoms with Crippen LogP contribution < -0.4 is 9.47 Å². The molecule has 5 nitrogen and oxygen atoms in total. The van der Waals surface area contributed by atoms with Gasteiger partial charge in [0.1, 0.15) is 11.5 Å². The number of aryl methyl sites for hydroxylation is 1. The minimum absolute atomic E-state index is 0.671. The second kappa shape index (κ2) is 7.29. The molecular weight excluding hydrogens is 382 g/mol. The summed E-state index contributed by atoms with van der Waals surface area (Å²) in [5, 5.41) is 11.4. The standard InChI is InChI=1S/C20H18ClN3O2S/c1-12-8-19-22-23-20(24(19)17-10-15(25-2)5-6-16(12)17)27-11-13-9-14(21)4-7-18(13)26-3/h4-10H,11H2,1-3H3. The van der Waals surface area contributed by atoms with Crippen LogP contribution in [0.25, 0.3) is 16.6 Å². The molecule has 0 bridgehead atoms. The molecule has 27 heavy (non-hydrogen) atoms. The molecule has 0 saturated carbocycles. The maximum atomic E-state index is 6.15. The van der Waals surface area contributed by atoms with Crippen molar-refractivity contribution in [2.75, 3.05) is 14.2 Å². The Bertz CT molecular complexity index is 1140. The molecule has 0 spiro atoms. The van der Waals surface area contributed by atoms with Gasteiger partial charge in [-0.1, -0.05) is 23.4 Å². The van der Waals surface area contributed by atoms with Gasteiger partial charge >= 0.3 is 0 Å². The van der Waals surface area contributed by atoms with Crippen LogP contribution >= 0.6 is 23.4 Å². The molecule has 7 heteroatoms. The molecule has 138 valence electrons. The fourth-order valence-electron chi connectivity index (χ4n) is 3.13. The van der Waals surface area contributed by atoms with E-state index in [0.29, 0.717) is 10.8 Å². The monoisotopic (exact) mass is 399 g/mol. The third-order valence-electron chi connectivity index (χ3n) is 4.47. The van der Waals surface area contributed by atoms with Crippen LogP contribution in [0.3, 0.4) is 0 Å². The lowest BCUT2D eigenvalue weighted by atomic mass is 10.1. The summed E-state index contributed by atoms with van der Waals surface area (Å²) in [4.78, 5) is 0. The molecule has 2 aromatic carbocycles. The van der Waals surface area contributed by atoms with Gasteiger partial charge in [-0.3, -0.25) is 4.40 Å². The van der Waals surface area contributed by atoms with E-state index in [1.807, 2.05) is 36.4 Å². The summed E-state index contributed by atoms with van der Waals surface area (Å²) in [7, 11) is 3.33. The molecule has 0 aliphatic rings. The Morgan fingerprint density at radius 2 is 1.89 bits per heavy atom. The normalized spacial score (nSPS) is 11.3. The lowest BCUT2D eigenvalue weighted by Gasteiger charge is -2.10. The van der Waals surface area contributed by atoms with Crippen LogP contribution in [0.2, 0.25) is 5.02 Å². The first-order valence-electron chi connectivity index (χ1n) is 8.38. The zero-order chi connectivity index (χ0) is 19.0. The highest BCUT2D eigenvalue weighted by molar-refractivity contribution is 7.98. The zero-order valence-electron chi connectivity index (χ0n) is 15.2. The Balaban J connectivity index is 1.79. The van der Waals surface area contributed by atoms with Crippen molar-refractivity contribution < 1.29 is 9.47 Å². The highest BCUT2D eigenvalue weighted by Crippen LogP contribution is 2.32. The number of hydrogen-bond acceptors (Lipinski definition) is 5. The molecule has 0 unspecified atom stereocenters. The molecule has 0 radical (unpaired) electrons. The minimum Gasteiger partial charge on any atom is -0.497 e. The smallest absolute Gasteiger partial charge is 0.196 e. The first kappa shape index (κ1) is 17.9. The molecule has 0 amide bonds. The summed E-state index contributed by atoms with van der Waals surface area (Å²) in [6.45, 7) is 2.08. The number of pyridine rings is 1. The predicted octanol–water partition coefficient (Wildman–Crippen LogP) is 5.15. The number of benzene rings is 2. The molecule has 0 aliphatic heterocycles. The number of aromatic nitrogens is 3. The fourth-order valence-corrected chi connectivity index (χ4v) is 4.25. The Hall–Kier alpha value is -2.44. The maximum Gasteiger partial charge on any atom is 0.196 e. The van der Waals surface area contributed by atoms with Gasteiger partial charge in [-0.15, -0.1) is 10.2 Å². The van der Waals surface area contributed by atoms with Crippen molar-refractivity contribution in [1.29, 1.82) is 0 Å². The van der Waals surface area contributed by atoms with Crippen LogP contribution in [0.5, 0.6) is 11.5 Å². The van der Waals surface area contributed by atoms with E-state index in [4.69, 9.17) is 21.1 Å². The average molecular weight is 400 g/mol. The number of thioether (sulfide) groups is 1. The second-order valence-corrected chi connectivity index (χ2v) is 7.51. The van der Waals surface area contributed by atoms with Crippen molar-refractivity contribution in [3.8, 4) is 11.5 Å². The van der Waals surface area contributed by atoms with Crippen LogP contribution in [0.15, 0.2) is 47.6 Å². The largest absolute Gasteiger partial charge is 0.497 e. The van der Waals surface area contributed by atoms with Gasteiger partial charge in [-0.2, -0.15) is 0 Å². The third kappa shape index (κ3) is 3.31. The molecule has 0 atom stereocenters. The average Bonchev–Trinajstić information content (AvgIpc) is 3.09. The van der Waals surface area contributed by atoms with Crippen LogP contribution in [0, 0.1) is 6.92 Å². The predicted molar refractivity (Wildman–Crippen MR) is 109 cm³/mol. The van der Waals surface area contributed by atoms with E-state index >= 15 is 0 Å². The Labute approximate surface area is 166 Å². The molecule has 2 aromatic heterocycles. The summed E-state index contributed by atoms with van der Waals surface area (Å²) < 4.78 is 12.9. The van der Waals surface area contributed by atoms with Crippen molar-refractivity contribution in [2.45, 2.75) is 17.8 Å². The number of fused-ring (bicyclic) bond motifs is 3. The van der Waals surface area contributed by atoms with Gasteiger partial charge in [-0.25, -0.2) is 0 Å². The van der Waals surface area contributed by atoms with Gasteiger partial charge in [0.05, 0.1) is 19.7 Å². The Kier molecular flexibility index (Phi) is 4.85. The molecule has 4 aromatic rings. The number of nitrogens with zero attached hydrogens (tertiary/aromatic N) is 3. The fraction of sp³-hybridized carbons (Fsp3) is 0.200. The molecule has 0 aliphatic carbocycles. The van der Waals surface area contributed by atoms with E-state index in [1.54, 1.807) is 26.0 Å². The van der Waals surface area contributed by atoms with Crippen molar-refractivity contribution in [3.63, 3.8) is 0 Å². The van der Waals surface area contributed by atoms with Crippen LogP contribution in [-0.4, -0.2) is 28.8 Å². The Morgan fingerprint density at radius 3 is 2.67 bits per heavy atom. The van der Waals surface area contributed by atoms with Crippen LogP contribution in [0.1, 0.15) is 11.1 Å². The van der Waals surface area contributed by atoms with Gasteiger partial charge in [0, 0.05) is 27.8 Å². The summed E-state index contributed by atoms with van der Waals surface area (Å²) in [6, 6.07) is 13.7. The lowest BCUT2D eigenvalue weighted by molar-refractivity contribution is 0.411. The van der Waals surface area contributed by atoms with E-state index in [1.165, 1.54) is 0 Å². The number of hydrogen-bond donors (Lipinski definition) is 0. The van der Waals surface area contributed by atoms with Gasteiger partial charge in [0.15, 0.2) is 10.8 Å². The number of halogens is 1. The first-order valence-corrected chi connectivity index (χ1v) is 9.75. The van der Waals surface area contributed by atoms with E-state index in [2.05, 4.69) is 27.6 Å². The highest BCUT2D eigenvalue weighted by atomic mass is 35.5. The SMILES string of the molecule is COc1ccc2c(C)cc3nnc(SCc4cc(Cl)ccc4OC)n3c2c1. The number of ether oxygens (including phenoxy) is 2. The topological polar surface area (TPSA) is 48.7 Å². The van der Waals surface area contributed by atoms with Gasteiger partial charge in [0.2, 0.25) is 0 Å². The molecule has 2 heterocycles. The van der Waals surface area contributed by atoms with Gasteiger partial charge in [-0.05, 0) is 48.9 Å². The Morgan fingerprint density at radius 1 is 1.04 bits per heavy atom. The lowest BCUT2D eigenvalue weighted by Crippen LogP contribution is -1.95. The summed E-state index contributed by atoms with van der Waals surface area (Å²) in [5.41, 5.74) is 4.00. The second-order valence-electron chi connectivity index (χ2n) is 6.13. The maximum absolute atomic E-state index is 6.15. The number of rotatable bonds is 5. The number of methoxy groups -OCH3 is 2. The van der Waals surface area contributed by atoms with E-state index < -0.39 is 0 Å². The van der Waals surface area contributed by atoms with Crippen molar-refractivity contribution in [3.05, 3.63) is 58.6 Å². The van der Waals surface area contributed by atoms with Crippen molar-refractivity contribution in [2.24, 2.45) is 0 Å². The van der Waals surface area contributed by atoms with Crippen molar-refractivity contribution in [1.82, 2.24) is 14.6 Å². The van der Waals surface area contributed by atoms with Crippen LogP contribution in [0.4, 0.5) is 0 Å². The molecule has 0 saturated heterocycles. The summed E-state index contributed by atoms with van der Waals surface area (Å²) in [5.74, 6) is 2.28. The first-order chi connectivity index (χ1) is 13.1. The van der Waals surface area contributed by atoms with Gasteiger partial charge < -0.3 is 9.47 Å². The molecule has 0 N–H and O–H groups in total. The van der Waals surface area contributed by atoms with E-state index in [0.717, 1.165) is 44.3 Å². The summed E-state index contributed by atoms with van der Waals surface area (Å²) in [6.07, 6.45) is 0. The third-order valence-corrected chi connectivity index (χ3v) is 5.69. The van der Waals surface area contributed by atoms with E-state index in [9.17, 15) is 0 Å². The zero-order valence-corrected chi connectivity index (χ0v) is 16.8. The summed E-state index contributed by atoms with van der Waals surface area (Å²) >= 11 is 7.74. The quantitative estimate of drug-likeness (QED) is 0.434. The van der Waals surface area contributed by atoms with Crippen LogP contribution in [-0.2, 0) is 5.75 Å². The van der Waals surface area contributed by atoms with Crippen molar-refractivity contribution >= 4 is 39.9 Å². The molecule has 0 fully saturated rings. The molecular formula is C20H18ClN3O2S.